The van der Waals surface area contributed by atoms with Gasteiger partial charge >= 0.3 is 0 Å². The van der Waals surface area contributed by atoms with Crippen LogP contribution in [0.2, 0.25) is 0 Å². The quantitative estimate of drug-likeness (QED) is 0.849. The van der Waals surface area contributed by atoms with E-state index in [1.807, 2.05) is 0 Å². The monoisotopic (exact) mass is 309 g/mol. The number of hydrogen-bond acceptors (Lipinski definition) is 3. The molecule has 1 heterocycles. The molecule has 0 saturated carbocycles. The summed E-state index contributed by atoms with van der Waals surface area (Å²) in [5.74, 6) is 0. The largest absolute Gasteiger partial charge is 0.325 e. The first-order chi connectivity index (χ1) is 6.60. The van der Waals surface area contributed by atoms with Gasteiger partial charge in [0.25, 0.3) is 6.43 Å². The molecule has 14 heavy (non-hydrogen) atoms. The molecule has 6 heteroatoms. The number of halogens is 3. The predicted molar refractivity (Wildman–Crippen MR) is 54.5 cm³/mol. The first kappa shape index (κ1) is 11.3. The van der Waals surface area contributed by atoms with Gasteiger partial charge in [0.15, 0.2) is 0 Å². The minimum absolute atomic E-state index is 0.0267. The lowest BCUT2D eigenvalue weighted by molar-refractivity contribution is 0.150. The van der Waals surface area contributed by atoms with Gasteiger partial charge in [-0.1, -0.05) is 0 Å². The van der Waals surface area contributed by atoms with E-state index < -0.39 is 6.43 Å². The Morgan fingerprint density at radius 2 is 2.29 bits per heavy atom. The van der Waals surface area contributed by atoms with E-state index in [2.05, 4.69) is 4.98 Å². The summed E-state index contributed by atoms with van der Waals surface area (Å²) in [4.78, 5) is 3.83. The smallest absolute Gasteiger partial charge is 0.265 e. The molecule has 0 saturated heterocycles. The fraction of sp³-hybridized carbons (Fsp3) is 0.250. The average Bonchev–Trinajstić information content (AvgIpc) is 2.17. The van der Waals surface area contributed by atoms with E-state index in [-0.39, 0.29) is 17.8 Å². The van der Waals surface area contributed by atoms with Crippen molar-refractivity contribution in [2.75, 3.05) is 0 Å². The van der Waals surface area contributed by atoms with Crippen molar-refractivity contribution in [1.29, 1.82) is 5.26 Å². The summed E-state index contributed by atoms with van der Waals surface area (Å²) in [5, 5.41) is 8.55. The fourth-order valence-corrected chi connectivity index (χ4v) is 1.69. The molecule has 2 N–H and O–H groups in total. The van der Waals surface area contributed by atoms with E-state index in [9.17, 15) is 8.78 Å². The zero-order valence-corrected chi connectivity index (χ0v) is 9.12. The van der Waals surface area contributed by atoms with Crippen molar-refractivity contribution < 1.29 is 8.78 Å². The van der Waals surface area contributed by atoms with E-state index in [0.717, 1.165) is 6.07 Å². The van der Waals surface area contributed by atoms with E-state index in [4.69, 9.17) is 11.0 Å². The van der Waals surface area contributed by atoms with Crippen molar-refractivity contribution in [3.05, 3.63) is 26.6 Å². The Hall–Kier alpha value is -0.810. The molecule has 74 valence electrons. The number of alkyl halides is 2. The SMILES string of the molecule is N#Cc1cc(C(F)F)c(I)c(CN)n1. The van der Waals surface area contributed by atoms with Gasteiger partial charge in [-0.25, -0.2) is 13.8 Å². The molecule has 0 fully saturated rings. The van der Waals surface area contributed by atoms with Crippen LogP contribution in [0.25, 0.3) is 0 Å². The van der Waals surface area contributed by atoms with Gasteiger partial charge in [-0.15, -0.1) is 0 Å². The van der Waals surface area contributed by atoms with Crippen LogP contribution in [0.4, 0.5) is 8.78 Å². The van der Waals surface area contributed by atoms with Crippen molar-refractivity contribution in [1.82, 2.24) is 4.98 Å². The van der Waals surface area contributed by atoms with Gasteiger partial charge in [0.05, 0.1) is 5.69 Å². The van der Waals surface area contributed by atoms with Crippen molar-refractivity contribution >= 4 is 22.6 Å². The minimum Gasteiger partial charge on any atom is -0.325 e. The standard InChI is InChI=1S/C8H6F2IN3/c9-8(10)5-1-4(2-12)14-6(3-13)7(5)11/h1,8H,3,13H2. The number of nitrogens with zero attached hydrogens (tertiary/aromatic N) is 2. The summed E-state index contributed by atoms with van der Waals surface area (Å²) in [6.07, 6.45) is -2.61. The second-order valence-electron chi connectivity index (χ2n) is 2.47. The summed E-state index contributed by atoms with van der Waals surface area (Å²) < 4.78 is 25.3. The molecule has 0 unspecified atom stereocenters. The summed E-state index contributed by atoms with van der Waals surface area (Å²) >= 11 is 1.76. The number of hydrogen-bond donors (Lipinski definition) is 1. The van der Waals surface area contributed by atoms with E-state index in [1.54, 1.807) is 28.7 Å². The van der Waals surface area contributed by atoms with Gasteiger partial charge in [-0.05, 0) is 28.7 Å². The Labute approximate surface area is 93.1 Å². The summed E-state index contributed by atoms with van der Waals surface area (Å²) in [6.45, 7) is 0.0491. The summed E-state index contributed by atoms with van der Waals surface area (Å²) in [7, 11) is 0. The van der Waals surface area contributed by atoms with Gasteiger partial charge < -0.3 is 5.73 Å². The molecule has 3 nitrogen and oxygen atoms in total. The van der Waals surface area contributed by atoms with Crippen LogP contribution in [0.15, 0.2) is 6.07 Å². The fourth-order valence-electron chi connectivity index (χ4n) is 0.955. The van der Waals surface area contributed by atoms with Crippen LogP contribution < -0.4 is 5.73 Å². The van der Waals surface area contributed by atoms with Gasteiger partial charge in [-0.3, -0.25) is 0 Å². The number of rotatable bonds is 2. The van der Waals surface area contributed by atoms with Crippen LogP contribution in [0, 0.1) is 14.9 Å². The molecule has 0 aliphatic rings. The Kier molecular flexibility index (Phi) is 3.71. The first-order valence-electron chi connectivity index (χ1n) is 3.67. The second-order valence-corrected chi connectivity index (χ2v) is 3.55. The molecular weight excluding hydrogens is 303 g/mol. The van der Waals surface area contributed by atoms with Gasteiger partial charge in [-0.2, -0.15) is 5.26 Å². The lowest BCUT2D eigenvalue weighted by atomic mass is 10.2. The molecule has 0 aliphatic carbocycles. The molecule has 1 rings (SSSR count). The number of nitrogens with two attached hydrogens (primary N) is 1. The van der Waals surface area contributed by atoms with E-state index in [1.165, 1.54) is 0 Å². The van der Waals surface area contributed by atoms with Crippen LogP contribution in [-0.2, 0) is 6.54 Å². The third kappa shape index (κ3) is 2.16. The first-order valence-corrected chi connectivity index (χ1v) is 4.75. The second kappa shape index (κ2) is 4.61. The highest BCUT2D eigenvalue weighted by Gasteiger charge is 2.16. The highest BCUT2D eigenvalue weighted by atomic mass is 127. The molecule has 0 atom stereocenters. The molecule has 1 aromatic heterocycles. The minimum atomic E-state index is -2.61. The zero-order valence-electron chi connectivity index (χ0n) is 6.97. The number of pyridine rings is 1. The molecular formula is C8H6F2IN3. The normalized spacial score (nSPS) is 10.3. The van der Waals surface area contributed by atoms with Crippen molar-refractivity contribution in [3.63, 3.8) is 0 Å². The van der Waals surface area contributed by atoms with Crippen LogP contribution >= 0.6 is 22.6 Å². The summed E-state index contributed by atoms with van der Waals surface area (Å²) in [5.41, 5.74) is 5.45. The Morgan fingerprint density at radius 1 is 1.64 bits per heavy atom. The van der Waals surface area contributed by atoms with E-state index in [0.29, 0.717) is 9.26 Å². The lowest BCUT2D eigenvalue weighted by Crippen LogP contribution is -2.07. The number of aromatic nitrogens is 1. The van der Waals surface area contributed by atoms with E-state index >= 15 is 0 Å². The highest BCUT2D eigenvalue weighted by molar-refractivity contribution is 14.1. The molecule has 0 bridgehead atoms. The number of nitriles is 1. The Bertz CT molecular complexity index is 387. The van der Waals surface area contributed by atoms with Crippen molar-refractivity contribution in [2.45, 2.75) is 13.0 Å². The van der Waals surface area contributed by atoms with Gasteiger partial charge in [0.2, 0.25) is 0 Å². The molecule has 1 aromatic rings. The maximum absolute atomic E-state index is 12.5. The highest BCUT2D eigenvalue weighted by Crippen LogP contribution is 2.26. The average molecular weight is 309 g/mol. The van der Waals surface area contributed by atoms with Crippen LogP contribution in [0.5, 0.6) is 0 Å². The predicted octanol–water partition coefficient (Wildman–Crippen LogP) is 1.95. The van der Waals surface area contributed by atoms with Crippen molar-refractivity contribution in [2.24, 2.45) is 5.73 Å². The van der Waals surface area contributed by atoms with Gasteiger partial charge in [0.1, 0.15) is 11.8 Å². The van der Waals surface area contributed by atoms with Crippen LogP contribution in [-0.4, -0.2) is 4.98 Å². The Balaban J connectivity index is 3.36. The maximum atomic E-state index is 12.5. The summed E-state index contributed by atoms with van der Waals surface area (Å²) in [6, 6.07) is 2.81. The molecule has 0 radical (unpaired) electrons. The Morgan fingerprint density at radius 3 is 2.71 bits per heavy atom. The maximum Gasteiger partial charge on any atom is 0.265 e. The van der Waals surface area contributed by atoms with Crippen LogP contribution in [0.3, 0.4) is 0 Å². The topological polar surface area (TPSA) is 62.7 Å². The lowest BCUT2D eigenvalue weighted by Gasteiger charge is -2.07. The molecule has 0 amide bonds. The van der Waals surface area contributed by atoms with Crippen LogP contribution in [0.1, 0.15) is 23.4 Å². The third-order valence-electron chi connectivity index (χ3n) is 1.60. The molecule has 0 spiro atoms. The molecule has 0 aromatic carbocycles. The van der Waals surface area contributed by atoms with Crippen molar-refractivity contribution in [3.8, 4) is 6.07 Å². The van der Waals surface area contributed by atoms with Gasteiger partial charge in [0, 0.05) is 15.7 Å². The zero-order chi connectivity index (χ0) is 10.7. The third-order valence-corrected chi connectivity index (χ3v) is 2.84. The molecule has 0 aliphatic heterocycles.